The highest BCUT2D eigenvalue weighted by Crippen LogP contribution is 2.35. The lowest BCUT2D eigenvalue weighted by molar-refractivity contribution is 0.0517. The van der Waals surface area contributed by atoms with E-state index in [2.05, 4.69) is 21.2 Å². The molecule has 0 spiro atoms. The topological polar surface area (TPSA) is 80.9 Å². The third-order valence-corrected chi connectivity index (χ3v) is 3.81. The molecule has 0 aliphatic carbocycles. The van der Waals surface area contributed by atoms with Crippen molar-refractivity contribution in [1.29, 1.82) is 0 Å². The van der Waals surface area contributed by atoms with Gasteiger partial charge in [-0.15, -0.1) is 0 Å². The summed E-state index contributed by atoms with van der Waals surface area (Å²) >= 11 is 3.13. The highest BCUT2D eigenvalue weighted by molar-refractivity contribution is 9.10. The number of nitrogens with one attached hydrogen (secondary N) is 1. The number of furan rings is 1. The minimum Gasteiger partial charge on any atom is -0.454 e. The summed E-state index contributed by atoms with van der Waals surface area (Å²) in [7, 11) is 0. The van der Waals surface area contributed by atoms with Crippen LogP contribution in [-0.4, -0.2) is 24.4 Å². The molecule has 1 aromatic heterocycles. The largest absolute Gasteiger partial charge is 0.454 e. The van der Waals surface area contributed by atoms with Crippen LogP contribution in [0.4, 0.5) is 0 Å². The number of carbonyl (C=O) groups is 1. The van der Waals surface area contributed by atoms with E-state index in [1.54, 1.807) is 37.3 Å². The molecule has 7 heteroatoms. The smallest absolute Gasteiger partial charge is 0.287 e. The maximum absolute atomic E-state index is 11.9. The van der Waals surface area contributed by atoms with Crippen molar-refractivity contribution in [3.05, 3.63) is 46.3 Å². The van der Waals surface area contributed by atoms with Crippen LogP contribution in [0.2, 0.25) is 0 Å². The van der Waals surface area contributed by atoms with Crippen molar-refractivity contribution in [3.63, 3.8) is 0 Å². The van der Waals surface area contributed by atoms with Crippen LogP contribution in [0.3, 0.4) is 0 Å². The summed E-state index contributed by atoms with van der Waals surface area (Å²) < 4.78 is 16.2. The molecule has 2 aromatic rings. The maximum atomic E-state index is 11.9. The predicted octanol–water partition coefficient (Wildman–Crippen LogP) is 2.41. The molecule has 0 fully saturated rings. The van der Waals surface area contributed by atoms with Crippen molar-refractivity contribution in [3.8, 4) is 11.5 Å². The van der Waals surface area contributed by atoms with E-state index in [0.29, 0.717) is 21.7 Å². The SMILES string of the molecule is CC(O)(CNC(=O)c1ccc(Br)o1)c1ccc2c(c1)OCO2. The summed E-state index contributed by atoms with van der Waals surface area (Å²) in [4.78, 5) is 11.9. The second-order valence-corrected chi connectivity index (χ2v) is 5.91. The lowest BCUT2D eigenvalue weighted by atomic mass is 9.95. The molecule has 0 radical (unpaired) electrons. The van der Waals surface area contributed by atoms with E-state index in [4.69, 9.17) is 13.9 Å². The normalized spacial score (nSPS) is 15.4. The van der Waals surface area contributed by atoms with E-state index in [1.807, 2.05) is 0 Å². The first kappa shape index (κ1) is 14.9. The van der Waals surface area contributed by atoms with Gasteiger partial charge in [-0.1, -0.05) is 6.07 Å². The average Bonchev–Trinajstić information content (AvgIpc) is 3.12. The van der Waals surface area contributed by atoms with Gasteiger partial charge in [0.15, 0.2) is 21.9 Å². The molecule has 1 aromatic carbocycles. The fraction of sp³-hybridized carbons (Fsp3) is 0.267. The van der Waals surface area contributed by atoms with E-state index in [1.165, 1.54) is 0 Å². The van der Waals surface area contributed by atoms with Gasteiger partial charge in [0, 0.05) is 0 Å². The van der Waals surface area contributed by atoms with Crippen molar-refractivity contribution in [2.75, 3.05) is 13.3 Å². The Morgan fingerprint density at radius 2 is 2.09 bits per heavy atom. The van der Waals surface area contributed by atoms with Gasteiger partial charge in [0.1, 0.15) is 5.60 Å². The van der Waals surface area contributed by atoms with Crippen molar-refractivity contribution in [2.24, 2.45) is 0 Å². The third-order valence-electron chi connectivity index (χ3n) is 3.38. The zero-order valence-electron chi connectivity index (χ0n) is 11.8. The molecule has 1 aliphatic rings. The van der Waals surface area contributed by atoms with Crippen LogP contribution in [0, 0.1) is 0 Å². The van der Waals surface area contributed by atoms with Crippen LogP contribution in [0.15, 0.2) is 39.4 Å². The van der Waals surface area contributed by atoms with Gasteiger partial charge in [0.2, 0.25) is 6.79 Å². The van der Waals surface area contributed by atoms with Gasteiger partial charge in [-0.25, -0.2) is 0 Å². The molecule has 1 atom stereocenters. The molecule has 0 saturated carbocycles. The Morgan fingerprint density at radius 3 is 2.82 bits per heavy atom. The summed E-state index contributed by atoms with van der Waals surface area (Å²) in [5.74, 6) is 1.00. The van der Waals surface area contributed by atoms with E-state index >= 15 is 0 Å². The summed E-state index contributed by atoms with van der Waals surface area (Å²) in [6.07, 6.45) is 0. The van der Waals surface area contributed by atoms with E-state index in [9.17, 15) is 9.90 Å². The number of aliphatic hydroxyl groups is 1. The van der Waals surface area contributed by atoms with Crippen LogP contribution in [0.1, 0.15) is 23.0 Å². The standard InChI is InChI=1S/C15H14BrNO5/c1-15(19,7-17-14(18)11-4-5-13(16)22-11)9-2-3-10-12(6-9)21-8-20-10/h2-6,19H,7-8H2,1H3,(H,17,18). The molecule has 116 valence electrons. The lowest BCUT2D eigenvalue weighted by Gasteiger charge is -2.24. The van der Waals surface area contributed by atoms with Crippen LogP contribution in [-0.2, 0) is 5.60 Å². The first-order chi connectivity index (χ1) is 10.5. The minimum absolute atomic E-state index is 0.0315. The zero-order chi connectivity index (χ0) is 15.7. The molecule has 1 aliphatic heterocycles. The number of hydrogen-bond acceptors (Lipinski definition) is 5. The third kappa shape index (κ3) is 2.95. The Bertz CT molecular complexity index is 710. The molecule has 3 rings (SSSR count). The summed E-state index contributed by atoms with van der Waals surface area (Å²) in [6, 6.07) is 8.36. The number of hydrogen-bond donors (Lipinski definition) is 2. The maximum Gasteiger partial charge on any atom is 0.287 e. The summed E-state index contributed by atoms with van der Waals surface area (Å²) in [5.41, 5.74) is -0.627. The second-order valence-electron chi connectivity index (χ2n) is 5.13. The van der Waals surface area contributed by atoms with Gasteiger partial charge in [-0.2, -0.15) is 0 Å². The molecule has 2 heterocycles. The molecule has 6 nitrogen and oxygen atoms in total. The van der Waals surface area contributed by atoms with Crippen molar-refractivity contribution < 1.29 is 23.8 Å². The van der Waals surface area contributed by atoms with Crippen molar-refractivity contribution >= 4 is 21.8 Å². The first-order valence-corrected chi connectivity index (χ1v) is 7.41. The predicted molar refractivity (Wildman–Crippen MR) is 80.9 cm³/mol. The Hall–Kier alpha value is -1.99. The van der Waals surface area contributed by atoms with Gasteiger partial charge in [0.05, 0.1) is 6.54 Å². The minimum atomic E-state index is -1.25. The molecule has 0 bridgehead atoms. The molecule has 0 saturated heterocycles. The van der Waals surface area contributed by atoms with E-state index in [-0.39, 0.29) is 19.1 Å². The highest BCUT2D eigenvalue weighted by Gasteiger charge is 2.27. The number of halogens is 1. The van der Waals surface area contributed by atoms with E-state index in [0.717, 1.165) is 0 Å². The highest BCUT2D eigenvalue weighted by atomic mass is 79.9. The van der Waals surface area contributed by atoms with Crippen molar-refractivity contribution in [2.45, 2.75) is 12.5 Å². The van der Waals surface area contributed by atoms with E-state index < -0.39 is 11.5 Å². The summed E-state index contributed by atoms with van der Waals surface area (Å²) in [5, 5.41) is 13.2. The number of benzene rings is 1. The quantitative estimate of drug-likeness (QED) is 0.866. The van der Waals surface area contributed by atoms with Crippen LogP contribution < -0.4 is 14.8 Å². The molecule has 2 N–H and O–H groups in total. The summed E-state index contributed by atoms with van der Waals surface area (Å²) in [6.45, 7) is 1.82. The number of ether oxygens (including phenoxy) is 2. The zero-order valence-corrected chi connectivity index (χ0v) is 13.3. The number of amides is 1. The molecular formula is C15H14BrNO5. The Kier molecular flexibility index (Phi) is 3.84. The molecule has 1 unspecified atom stereocenters. The molecular weight excluding hydrogens is 354 g/mol. The van der Waals surface area contributed by atoms with Crippen molar-refractivity contribution in [1.82, 2.24) is 5.32 Å². The fourth-order valence-electron chi connectivity index (χ4n) is 2.11. The van der Waals surface area contributed by atoms with Gasteiger partial charge < -0.3 is 24.3 Å². The first-order valence-electron chi connectivity index (χ1n) is 6.62. The van der Waals surface area contributed by atoms with Crippen LogP contribution in [0.5, 0.6) is 11.5 Å². The monoisotopic (exact) mass is 367 g/mol. The Balaban J connectivity index is 1.69. The van der Waals surface area contributed by atoms with Gasteiger partial charge >= 0.3 is 0 Å². The molecule has 22 heavy (non-hydrogen) atoms. The number of carbonyl (C=O) groups excluding carboxylic acids is 1. The Labute approximate surface area is 135 Å². The van der Waals surface area contributed by atoms with Crippen LogP contribution in [0.25, 0.3) is 0 Å². The second kappa shape index (κ2) is 5.66. The lowest BCUT2D eigenvalue weighted by Crippen LogP contribution is -2.38. The number of rotatable bonds is 4. The average molecular weight is 368 g/mol. The van der Waals surface area contributed by atoms with Crippen LogP contribution >= 0.6 is 15.9 Å². The van der Waals surface area contributed by atoms with Gasteiger partial charge in [0.25, 0.3) is 5.91 Å². The fourth-order valence-corrected chi connectivity index (χ4v) is 2.42. The van der Waals surface area contributed by atoms with Gasteiger partial charge in [-0.05, 0) is 52.7 Å². The van der Waals surface area contributed by atoms with Gasteiger partial charge in [-0.3, -0.25) is 4.79 Å². The molecule has 1 amide bonds. The Morgan fingerprint density at radius 1 is 1.32 bits per heavy atom. The number of fused-ring (bicyclic) bond motifs is 1.